The summed E-state index contributed by atoms with van der Waals surface area (Å²) < 4.78 is 0. The van der Waals surface area contributed by atoms with Crippen LogP contribution in [-0.4, -0.2) is 12.0 Å². The Bertz CT molecular complexity index is 1460. The van der Waals surface area contributed by atoms with E-state index in [4.69, 9.17) is 0 Å². The summed E-state index contributed by atoms with van der Waals surface area (Å²) in [7, 11) is 0. The molecule has 0 nitrogen and oxygen atoms in total. The molecule has 0 bridgehead atoms. The van der Waals surface area contributed by atoms with Crippen LogP contribution in [0, 0.1) is 72.0 Å². The second-order valence-electron chi connectivity index (χ2n) is 23.7. The van der Waals surface area contributed by atoms with Crippen molar-refractivity contribution < 1.29 is 0 Å². The van der Waals surface area contributed by atoms with Crippen LogP contribution in [0.25, 0.3) is 5.57 Å². The first-order chi connectivity index (χ1) is 31.7. The van der Waals surface area contributed by atoms with E-state index in [0.717, 1.165) is 71.5 Å². The number of aryl methyl sites for hydroxylation is 1. The average Bonchev–Trinajstić information content (AvgIpc) is 3.65. The maximum Gasteiger partial charge on any atom is -0.00679 e. The van der Waals surface area contributed by atoms with Crippen molar-refractivity contribution in [1.82, 2.24) is 0 Å². The molecule has 4 rings (SSSR count). The molecule has 0 amide bonds. The Hall–Kier alpha value is -2.25. The lowest BCUT2D eigenvalue weighted by atomic mass is 9.96. The first-order valence-electron chi connectivity index (χ1n) is 28.1. The van der Waals surface area contributed by atoms with E-state index in [9.17, 15) is 0 Å². The molecule has 1 atom stereocenters. The smallest absolute Gasteiger partial charge is 0.00679 e. The summed E-state index contributed by atoms with van der Waals surface area (Å²) in [4.78, 5) is 0. The summed E-state index contributed by atoms with van der Waals surface area (Å²) >= 11 is 1.93. The largest absolute Gasteiger partial charge is 0.165 e. The molecule has 0 aromatic heterocycles. The van der Waals surface area contributed by atoms with Crippen LogP contribution in [0.3, 0.4) is 0 Å². The molecule has 3 aromatic carbocycles. The fraction of sp³-hybridized carbons (Fsp3) is 0.701. The third-order valence-electron chi connectivity index (χ3n) is 11.9. The average molecular weight is 960 g/mol. The van der Waals surface area contributed by atoms with Crippen LogP contribution in [-0.2, 0) is 19.3 Å². The van der Waals surface area contributed by atoms with Crippen molar-refractivity contribution in [2.75, 3.05) is 12.0 Å². The second-order valence-corrected chi connectivity index (χ2v) is 24.7. The minimum atomic E-state index is 0.761. The molecule has 0 saturated carbocycles. The van der Waals surface area contributed by atoms with Crippen LogP contribution < -0.4 is 0 Å². The predicted molar refractivity (Wildman–Crippen MR) is 323 cm³/mol. The molecule has 1 unspecified atom stereocenters. The molecule has 396 valence electrons. The molecular formula is C67H122S. The lowest BCUT2D eigenvalue weighted by Crippen LogP contribution is -2.00. The molecule has 0 heterocycles. The van der Waals surface area contributed by atoms with Gasteiger partial charge in [-0.15, -0.1) is 0 Å². The highest BCUT2D eigenvalue weighted by molar-refractivity contribution is 7.98. The van der Waals surface area contributed by atoms with E-state index in [1.165, 1.54) is 91.4 Å². The van der Waals surface area contributed by atoms with Gasteiger partial charge in [0.1, 0.15) is 0 Å². The van der Waals surface area contributed by atoms with Gasteiger partial charge >= 0.3 is 0 Å². The van der Waals surface area contributed by atoms with Gasteiger partial charge in [0.05, 0.1) is 0 Å². The number of unbranched alkanes of at least 4 members (excludes halogenated alkanes) is 1. The van der Waals surface area contributed by atoms with E-state index >= 15 is 0 Å². The molecule has 0 saturated heterocycles. The lowest BCUT2D eigenvalue weighted by molar-refractivity contribution is 0.407. The summed E-state index contributed by atoms with van der Waals surface area (Å²) in [5, 5.41) is 0. The molecule has 0 fully saturated rings. The van der Waals surface area contributed by atoms with Gasteiger partial charge in [0.2, 0.25) is 0 Å². The number of thioether (sulfide) groups is 1. The fourth-order valence-corrected chi connectivity index (χ4v) is 7.36. The number of benzene rings is 3. The van der Waals surface area contributed by atoms with Gasteiger partial charge in [-0.2, -0.15) is 11.8 Å². The first kappa shape index (κ1) is 72.3. The summed E-state index contributed by atoms with van der Waals surface area (Å²) in [6, 6.07) is 28.2. The highest BCUT2D eigenvalue weighted by Gasteiger charge is 2.13. The standard InChI is InChI=1S/C13H16.C11H16.C10H14.3C7H16.C6H14S.C6H14/c1-10(2)9-12-8-7-11-5-3-4-6-13(11)12;1-9(2)8-11-6-4-10(3)5-7-11;1-9(2)8-10-6-4-3-5-7-10;1-6(2)5-7(3)4;1-5-7(4)6(2)3;1-4-5-6-7(2)3;1-6(2)4-5-7-3;1-5(2)6(3)4/h3-6,8,10H,7,9H2,1-2H3;4-7,9H,8H2,1-3H3;3-7,9H,8H2,1-2H3;2*6-7H,5H2,1-4H3;7H,4-6H2,1-3H3;6H,4-5H2,1-3H3;5-6H,1-4H3. The Morgan fingerprint density at radius 2 is 0.897 bits per heavy atom. The molecule has 0 aliphatic heterocycles. The normalized spacial score (nSPS) is 11.8. The zero-order valence-corrected chi connectivity index (χ0v) is 51.4. The number of hydrogen-bond acceptors (Lipinski definition) is 1. The van der Waals surface area contributed by atoms with E-state index in [0.29, 0.717) is 0 Å². The van der Waals surface area contributed by atoms with Gasteiger partial charge < -0.3 is 0 Å². The lowest BCUT2D eigenvalue weighted by Gasteiger charge is -2.10. The zero-order valence-electron chi connectivity index (χ0n) is 50.6. The van der Waals surface area contributed by atoms with Crippen molar-refractivity contribution >= 4 is 17.3 Å². The topological polar surface area (TPSA) is 0 Å². The first-order valence-corrected chi connectivity index (χ1v) is 29.5. The zero-order chi connectivity index (χ0) is 53.2. The van der Waals surface area contributed by atoms with Crippen LogP contribution in [0.2, 0.25) is 0 Å². The molecule has 1 aliphatic rings. The van der Waals surface area contributed by atoms with Crippen LogP contribution in [0.5, 0.6) is 0 Å². The van der Waals surface area contributed by atoms with E-state index in [1.807, 2.05) is 11.8 Å². The number of rotatable bonds is 17. The van der Waals surface area contributed by atoms with Crippen LogP contribution >= 0.6 is 11.8 Å². The summed E-state index contributed by atoms with van der Waals surface area (Å²) in [5.74, 6) is 10.6. The van der Waals surface area contributed by atoms with E-state index in [-0.39, 0.29) is 0 Å². The molecule has 0 radical (unpaired) electrons. The minimum Gasteiger partial charge on any atom is -0.165 e. The van der Waals surface area contributed by atoms with Crippen LogP contribution in [0.4, 0.5) is 0 Å². The summed E-state index contributed by atoms with van der Waals surface area (Å²) in [6.07, 6.45) is 17.5. The van der Waals surface area contributed by atoms with Crippen molar-refractivity contribution in [1.29, 1.82) is 0 Å². The third kappa shape index (κ3) is 51.6. The van der Waals surface area contributed by atoms with Gasteiger partial charge in [0.25, 0.3) is 0 Å². The van der Waals surface area contributed by atoms with Gasteiger partial charge in [-0.1, -0.05) is 275 Å². The summed E-state index contributed by atoms with van der Waals surface area (Å²) in [6.45, 7) is 54.1. The molecule has 68 heavy (non-hydrogen) atoms. The van der Waals surface area contributed by atoms with Crippen molar-refractivity contribution in [2.45, 2.75) is 230 Å². The second kappa shape index (κ2) is 47.1. The van der Waals surface area contributed by atoms with Gasteiger partial charge in [-0.3, -0.25) is 0 Å². The Morgan fingerprint density at radius 1 is 0.456 bits per heavy atom. The Kier molecular flexibility index (Phi) is 50.1. The highest BCUT2D eigenvalue weighted by atomic mass is 32.2. The Labute approximate surface area is 435 Å². The molecule has 0 spiro atoms. The fourth-order valence-electron chi connectivity index (χ4n) is 6.65. The maximum atomic E-state index is 2.38. The molecule has 1 heteroatoms. The van der Waals surface area contributed by atoms with Crippen molar-refractivity contribution in [3.63, 3.8) is 0 Å². The SMILES string of the molecule is CC(C)C(C)C.CC(C)CC(C)C.CC(C)CC1=CCc2ccccc21.CC(C)Cc1ccccc1.CCC(C)C(C)C.CCCCC(C)C.CSCCC(C)C.Cc1ccc(CC(C)C)cc1. The molecule has 3 aromatic rings. The van der Waals surface area contributed by atoms with Crippen molar-refractivity contribution in [2.24, 2.45) is 65.1 Å². The monoisotopic (exact) mass is 959 g/mol. The Balaban J connectivity index is -0.000000350. The van der Waals surface area contributed by atoms with Gasteiger partial charge in [0, 0.05) is 0 Å². The van der Waals surface area contributed by atoms with Crippen molar-refractivity contribution in [3.05, 3.63) is 113 Å². The molecular weight excluding hydrogens is 837 g/mol. The van der Waals surface area contributed by atoms with Gasteiger partial charge in [0.15, 0.2) is 0 Å². The van der Waals surface area contributed by atoms with E-state index < -0.39 is 0 Å². The van der Waals surface area contributed by atoms with Gasteiger partial charge in [-0.05, 0) is 150 Å². The van der Waals surface area contributed by atoms with Crippen molar-refractivity contribution in [3.8, 4) is 0 Å². The maximum absolute atomic E-state index is 2.38. The number of hydrogen-bond donors (Lipinski definition) is 0. The highest BCUT2D eigenvalue weighted by Crippen LogP contribution is 2.31. The molecule has 0 N–H and O–H groups in total. The molecule has 1 aliphatic carbocycles. The van der Waals surface area contributed by atoms with E-state index in [1.54, 1.807) is 5.57 Å². The predicted octanol–water partition coefficient (Wildman–Crippen LogP) is 22.7. The number of allylic oxidation sites excluding steroid dienone is 2. The minimum absolute atomic E-state index is 0.761. The van der Waals surface area contributed by atoms with Crippen LogP contribution in [0.15, 0.2) is 84.9 Å². The number of fused-ring (bicyclic) bond motifs is 1. The summed E-state index contributed by atoms with van der Waals surface area (Å²) in [5.41, 5.74) is 8.76. The van der Waals surface area contributed by atoms with Gasteiger partial charge in [-0.25, -0.2) is 0 Å². The quantitative estimate of drug-likeness (QED) is 0.130. The third-order valence-corrected chi connectivity index (χ3v) is 12.5. The van der Waals surface area contributed by atoms with E-state index in [2.05, 4.69) is 257 Å². The van der Waals surface area contributed by atoms with Crippen LogP contribution in [0.1, 0.15) is 232 Å². The Morgan fingerprint density at radius 3 is 1.21 bits per heavy atom.